The molecule has 1 aromatic carbocycles. The van der Waals surface area contributed by atoms with Gasteiger partial charge in [0, 0.05) is 18.0 Å². The van der Waals surface area contributed by atoms with Gasteiger partial charge in [0.1, 0.15) is 17.5 Å². The zero-order valence-electron chi connectivity index (χ0n) is 14.2. The van der Waals surface area contributed by atoms with E-state index in [9.17, 15) is 4.79 Å². The van der Waals surface area contributed by atoms with E-state index in [-0.39, 0.29) is 11.9 Å². The third-order valence-corrected chi connectivity index (χ3v) is 4.04. The minimum atomic E-state index is -0.314. The molecule has 0 bridgehead atoms. The first-order valence-corrected chi connectivity index (χ1v) is 7.78. The molecule has 1 atom stereocenters. The molecule has 0 aliphatic rings. The number of methoxy groups -OCH3 is 1. The first-order valence-electron chi connectivity index (χ1n) is 7.78. The molecule has 0 aliphatic heterocycles. The molecule has 0 saturated carbocycles. The van der Waals surface area contributed by atoms with E-state index in [2.05, 4.69) is 15.5 Å². The Morgan fingerprint density at radius 2 is 2.21 bits per heavy atom. The number of hydrogen-bond donors (Lipinski definition) is 1. The molecule has 0 spiro atoms. The van der Waals surface area contributed by atoms with Gasteiger partial charge in [-0.15, -0.1) is 0 Å². The fourth-order valence-electron chi connectivity index (χ4n) is 2.70. The monoisotopic (exact) mass is 328 g/mol. The topological polar surface area (TPSA) is 82.2 Å². The number of nitrogens with zero attached hydrogens (tertiary/aromatic N) is 3. The third kappa shape index (κ3) is 2.84. The second-order valence-electron chi connectivity index (χ2n) is 5.63. The molecule has 0 fully saturated rings. The van der Waals surface area contributed by atoms with Crippen LogP contribution in [0, 0.1) is 6.92 Å². The van der Waals surface area contributed by atoms with Crippen molar-refractivity contribution in [1.29, 1.82) is 0 Å². The van der Waals surface area contributed by atoms with E-state index in [1.807, 2.05) is 42.8 Å². The SMILES string of the molecule is CC[C@H](NC(=O)c1cc2cc(OC)ccc2n1C)c1nc(C)no1. The fraction of sp³-hybridized carbons (Fsp3) is 0.353. The highest BCUT2D eigenvalue weighted by molar-refractivity contribution is 5.99. The minimum absolute atomic E-state index is 0.185. The van der Waals surface area contributed by atoms with Crippen molar-refractivity contribution in [2.75, 3.05) is 7.11 Å². The van der Waals surface area contributed by atoms with Crippen molar-refractivity contribution in [3.05, 3.63) is 41.7 Å². The minimum Gasteiger partial charge on any atom is -0.497 e. The molecule has 2 aromatic heterocycles. The summed E-state index contributed by atoms with van der Waals surface area (Å²) in [6, 6.07) is 7.25. The van der Waals surface area contributed by atoms with Crippen molar-refractivity contribution in [3.8, 4) is 5.75 Å². The highest BCUT2D eigenvalue weighted by Crippen LogP contribution is 2.24. The molecule has 1 amide bonds. The summed E-state index contributed by atoms with van der Waals surface area (Å²) in [4.78, 5) is 16.9. The average molecular weight is 328 g/mol. The van der Waals surface area contributed by atoms with Crippen LogP contribution in [-0.2, 0) is 7.05 Å². The molecule has 7 nitrogen and oxygen atoms in total. The number of hydrogen-bond acceptors (Lipinski definition) is 5. The maximum Gasteiger partial charge on any atom is 0.268 e. The molecular formula is C17H20N4O3. The second-order valence-corrected chi connectivity index (χ2v) is 5.63. The molecule has 0 saturated heterocycles. The standard InChI is InChI=1S/C17H20N4O3/c1-5-13(17-18-10(2)20-24-17)19-16(22)15-9-11-8-12(23-4)6-7-14(11)21(15)3/h6-9,13H,5H2,1-4H3,(H,19,22)/t13-/m0/s1. The smallest absolute Gasteiger partial charge is 0.268 e. The van der Waals surface area contributed by atoms with Gasteiger partial charge in [-0.3, -0.25) is 4.79 Å². The van der Waals surface area contributed by atoms with Crippen LogP contribution in [0.5, 0.6) is 5.75 Å². The fourth-order valence-corrected chi connectivity index (χ4v) is 2.70. The van der Waals surface area contributed by atoms with E-state index in [1.54, 1.807) is 14.0 Å². The van der Waals surface area contributed by atoms with Crippen LogP contribution in [0.15, 0.2) is 28.8 Å². The quantitative estimate of drug-likeness (QED) is 0.779. The summed E-state index contributed by atoms with van der Waals surface area (Å²) in [5.74, 6) is 1.54. The highest BCUT2D eigenvalue weighted by atomic mass is 16.5. The van der Waals surface area contributed by atoms with Gasteiger partial charge in [0.05, 0.1) is 7.11 Å². The van der Waals surface area contributed by atoms with Crippen LogP contribution in [0.4, 0.5) is 0 Å². The molecule has 7 heteroatoms. The Labute approximate surface area is 139 Å². The summed E-state index contributed by atoms with van der Waals surface area (Å²) in [7, 11) is 3.48. The lowest BCUT2D eigenvalue weighted by atomic mass is 10.2. The van der Waals surface area contributed by atoms with E-state index in [4.69, 9.17) is 9.26 Å². The number of carbonyl (C=O) groups excluding carboxylic acids is 1. The van der Waals surface area contributed by atoms with Gasteiger partial charge >= 0.3 is 0 Å². The Bertz CT molecular complexity index is 881. The highest BCUT2D eigenvalue weighted by Gasteiger charge is 2.21. The summed E-state index contributed by atoms with van der Waals surface area (Å²) in [6.07, 6.45) is 0.658. The molecule has 2 heterocycles. The maximum atomic E-state index is 12.7. The predicted molar refractivity (Wildman–Crippen MR) is 89.0 cm³/mol. The summed E-state index contributed by atoms with van der Waals surface area (Å²) in [5, 5.41) is 7.68. The van der Waals surface area contributed by atoms with Crippen LogP contribution >= 0.6 is 0 Å². The number of ether oxygens (including phenoxy) is 1. The maximum absolute atomic E-state index is 12.7. The molecule has 126 valence electrons. The Morgan fingerprint density at radius 1 is 1.42 bits per heavy atom. The van der Waals surface area contributed by atoms with Crippen LogP contribution < -0.4 is 10.1 Å². The Morgan fingerprint density at radius 3 is 2.83 bits per heavy atom. The lowest BCUT2D eigenvalue weighted by Gasteiger charge is -2.13. The first kappa shape index (κ1) is 16.0. The van der Waals surface area contributed by atoms with Crippen molar-refractivity contribution in [2.45, 2.75) is 26.3 Å². The van der Waals surface area contributed by atoms with Crippen molar-refractivity contribution >= 4 is 16.8 Å². The number of rotatable bonds is 5. The van der Waals surface area contributed by atoms with Gasteiger partial charge in [-0.1, -0.05) is 12.1 Å². The van der Waals surface area contributed by atoms with E-state index in [1.165, 1.54) is 0 Å². The van der Waals surface area contributed by atoms with Crippen LogP contribution in [0.25, 0.3) is 10.9 Å². The van der Waals surface area contributed by atoms with Gasteiger partial charge in [0.15, 0.2) is 5.82 Å². The van der Waals surface area contributed by atoms with Crippen molar-refractivity contribution in [1.82, 2.24) is 20.0 Å². The summed E-state index contributed by atoms with van der Waals surface area (Å²) >= 11 is 0. The van der Waals surface area contributed by atoms with E-state index in [0.717, 1.165) is 16.7 Å². The lowest BCUT2D eigenvalue weighted by molar-refractivity contribution is 0.0919. The van der Waals surface area contributed by atoms with Crippen molar-refractivity contribution in [2.24, 2.45) is 7.05 Å². The predicted octanol–water partition coefficient (Wildman–Crippen LogP) is 2.76. The van der Waals surface area contributed by atoms with Gasteiger partial charge < -0.3 is 19.1 Å². The number of benzene rings is 1. The normalized spacial score (nSPS) is 12.3. The van der Waals surface area contributed by atoms with E-state index >= 15 is 0 Å². The number of amides is 1. The Kier molecular flexibility index (Phi) is 4.24. The van der Waals surface area contributed by atoms with Gasteiger partial charge in [-0.25, -0.2) is 0 Å². The molecule has 0 unspecified atom stereocenters. The van der Waals surface area contributed by atoms with E-state index < -0.39 is 0 Å². The zero-order chi connectivity index (χ0) is 17.3. The molecule has 0 aliphatic carbocycles. The average Bonchev–Trinajstić information content (AvgIpc) is 3.16. The van der Waals surface area contributed by atoms with Gasteiger partial charge in [0.2, 0.25) is 5.89 Å². The van der Waals surface area contributed by atoms with Crippen molar-refractivity contribution in [3.63, 3.8) is 0 Å². The van der Waals surface area contributed by atoms with Crippen LogP contribution in [-0.4, -0.2) is 27.7 Å². The summed E-state index contributed by atoms with van der Waals surface area (Å²) < 4.78 is 12.3. The summed E-state index contributed by atoms with van der Waals surface area (Å²) in [5.41, 5.74) is 1.52. The number of nitrogens with one attached hydrogen (secondary N) is 1. The largest absolute Gasteiger partial charge is 0.497 e. The van der Waals surface area contributed by atoms with Gasteiger partial charge in [0.25, 0.3) is 5.91 Å². The number of aromatic nitrogens is 3. The van der Waals surface area contributed by atoms with Gasteiger partial charge in [-0.2, -0.15) is 4.98 Å². The molecular weight excluding hydrogens is 308 g/mol. The van der Waals surface area contributed by atoms with Gasteiger partial charge in [-0.05, 0) is 37.6 Å². The van der Waals surface area contributed by atoms with Crippen molar-refractivity contribution < 1.29 is 14.1 Å². The molecule has 3 aromatic rings. The molecule has 0 radical (unpaired) electrons. The zero-order valence-corrected chi connectivity index (χ0v) is 14.2. The number of fused-ring (bicyclic) bond motifs is 1. The first-order chi connectivity index (χ1) is 11.5. The lowest BCUT2D eigenvalue weighted by Crippen LogP contribution is -2.29. The number of carbonyl (C=O) groups is 1. The second kappa shape index (κ2) is 6.35. The summed E-state index contributed by atoms with van der Waals surface area (Å²) in [6.45, 7) is 3.70. The van der Waals surface area contributed by atoms with Crippen LogP contribution in [0.2, 0.25) is 0 Å². The molecule has 1 N–H and O–H groups in total. The van der Waals surface area contributed by atoms with Crippen LogP contribution in [0.1, 0.15) is 41.6 Å². The van der Waals surface area contributed by atoms with Crippen LogP contribution in [0.3, 0.4) is 0 Å². The number of aryl methyl sites for hydroxylation is 2. The Hall–Kier alpha value is -2.83. The molecule has 24 heavy (non-hydrogen) atoms. The molecule has 3 rings (SSSR count). The van der Waals surface area contributed by atoms with E-state index in [0.29, 0.717) is 23.8 Å². The third-order valence-electron chi connectivity index (χ3n) is 4.04. The Balaban J connectivity index is 1.89.